The Kier molecular flexibility index (Phi) is 1.81. The van der Waals surface area contributed by atoms with Gasteiger partial charge in [-0.2, -0.15) is 0 Å². The molecule has 2 bridgehead atoms. The first-order chi connectivity index (χ1) is 6.41. The van der Waals surface area contributed by atoms with E-state index in [1.165, 1.54) is 0 Å². The number of hydrogen-bond donors (Lipinski definition) is 0. The van der Waals surface area contributed by atoms with Crippen molar-refractivity contribution in [2.75, 3.05) is 0 Å². The molecular formula is C11H15NO2. The van der Waals surface area contributed by atoms with Gasteiger partial charge in [-0.15, -0.1) is 0 Å². The van der Waals surface area contributed by atoms with E-state index in [1.807, 2.05) is 6.08 Å². The van der Waals surface area contributed by atoms with Crippen LogP contribution in [0, 0.1) is 27.4 Å². The molecule has 0 amide bonds. The summed E-state index contributed by atoms with van der Waals surface area (Å²) in [6, 6.07) is 0. The maximum absolute atomic E-state index is 11.0. The van der Waals surface area contributed by atoms with Crippen molar-refractivity contribution < 1.29 is 4.92 Å². The molecule has 0 fully saturated rings. The lowest BCUT2D eigenvalue weighted by Crippen LogP contribution is -2.18. The summed E-state index contributed by atoms with van der Waals surface area (Å²) in [5, 5.41) is 11.0. The molecule has 0 radical (unpaired) electrons. The summed E-state index contributed by atoms with van der Waals surface area (Å²) in [6.45, 7) is 6.17. The Labute approximate surface area is 83.7 Å². The van der Waals surface area contributed by atoms with E-state index in [4.69, 9.17) is 0 Å². The van der Waals surface area contributed by atoms with Crippen LogP contribution in [-0.2, 0) is 0 Å². The lowest BCUT2D eigenvalue weighted by Gasteiger charge is -2.24. The predicted octanol–water partition coefficient (Wildman–Crippen LogP) is 2.77. The average molecular weight is 193 g/mol. The van der Waals surface area contributed by atoms with Crippen LogP contribution in [0.1, 0.15) is 27.2 Å². The molecule has 0 spiro atoms. The molecule has 0 unspecified atom stereocenters. The van der Waals surface area contributed by atoms with E-state index < -0.39 is 0 Å². The number of nitro groups is 1. The largest absolute Gasteiger partial charge is 0.259 e. The highest BCUT2D eigenvalue weighted by molar-refractivity contribution is 5.36. The lowest BCUT2D eigenvalue weighted by atomic mass is 9.79. The van der Waals surface area contributed by atoms with E-state index in [0.29, 0.717) is 11.6 Å². The normalized spacial score (nSPS) is 30.2. The number of hydrogen-bond acceptors (Lipinski definition) is 2. The number of allylic oxidation sites excluding steroid dienone is 3. The molecule has 0 aromatic heterocycles. The van der Waals surface area contributed by atoms with E-state index in [-0.39, 0.29) is 16.3 Å². The van der Waals surface area contributed by atoms with Gasteiger partial charge in [0.25, 0.3) is 5.70 Å². The fourth-order valence-electron chi connectivity index (χ4n) is 2.68. The first kappa shape index (κ1) is 9.44. The van der Waals surface area contributed by atoms with E-state index in [9.17, 15) is 10.1 Å². The van der Waals surface area contributed by atoms with Gasteiger partial charge in [0.2, 0.25) is 0 Å². The van der Waals surface area contributed by atoms with Crippen molar-refractivity contribution in [3.05, 3.63) is 33.5 Å². The Morgan fingerprint density at radius 1 is 1.36 bits per heavy atom. The molecule has 2 atom stereocenters. The van der Waals surface area contributed by atoms with Crippen molar-refractivity contribution in [3.63, 3.8) is 0 Å². The molecule has 2 rings (SSSR count). The van der Waals surface area contributed by atoms with Crippen LogP contribution in [0.2, 0.25) is 0 Å². The molecule has 3 heteroatoms. The summed E-state index contributed by atoms with van der Waals surface area (Å²) in [5.74, 6) is 0.393. The Morgan fingerprint density at radius 3 is 2.36 bits per heavy atom. The Morgan fingerprint density at radius 2 is 1.93 bits per heavy atom. The molecule has 3 nitrogen and oxygen atoms in total. The Hall–Kier alpha value is -1.12. The summed E-state index contributed by atoms with van der Waals surface area (Å²) in [6.07, 6.45) is 5.03. The van der Waals surface area contributed by atoms with Crippen LogP contribution >= 0.6 is 0 Å². The highest BCUT2D eigenvalue weighted by atomic mass is 16.6. The van der Waals surface area contributed by atoms with Crippen LogP contribution < -0.4 is 0 Å². The van der Waals surface area contributed by atoms with Crippen molar-refractivity contribution in [2.45, 2.75) is 27.2 Å². The third-order valence-corrected chi connectivity index (χ3v) is 3.09. The minimum Gasteiger partial charge on any atom is -0.259 e. The molecule has 0 aromatic carbocycles. The summed E-state index contributed by atoms with van der Waals surface area (Å²) in [5.41, 5.74) is 1.42. The van der Waals surface area contributed by atoms with Crippen LogP contribution in [-0.4, -0.2) is 4.92 Å². The van der Waals surface area contributed by atoms with Crippen LogP contribution in [0.5, 0.6) is 0 Å². The molecule has 14 heavy (non-hydrogen) atoms. The van der Waals surface area contributed by atoms with Gasteiger partial charge in [-0.05, 0) is 11.8 Å². The Bertz CT molecular complexity index is 347. The predicted molar refractivity (Wildman–Crippen MR) is 54.2 cm³/mol. The highest BCUT2D eigenvalue weighted by Gasteiger charge is 2.46. The molecule has 0 saturated heterocycles. The molecule has 0 N–H and O–H groups in total. The van der Waals surface area contributed by atoms with Gasteiger partial charge in [0.15, 0.2) is 0 Å². The number of nitrogens with zero attached hydrogens (tertiary/aromatic N) is 1. The van der Waals surface area contributed by atoms with Gasteiger partial charge >= 0.3 is 0 Å². The minimum atomic E-state index is -0.186. The quantitative estimate of drug-likeness (QED) is 0.365. The molecule has 0 aliphatic heterocycles. The van der Waals surface area contributed by atoms with E-state index in [1.54, 1.807) is 0 Å². The first-order valence-electron chi connectivity index (χ1n) is 4.98. The maximum Gasteiger partial charge on any atom is 0.253 e. The summed E-state index contributed by atoms with van der Waals surface area (Å²) < 4.78 is 0. The average Bonchev–Trinajstić information content (AvgIpc) is 2.58. The fraction of sp³-hybridized carbons (Fsp3) is 0.636. The Balaban J connectivity index is 2.49. The van der Waals surface area contributed by atoms with Gasteiger partial charge in [-0.25, -0.2) is 0 Å². The van der Waals surface area contributed by atoms with Gasteiger partial charge in [-0.3, -0.25) is 10.1 Å². The van der Waals surface area contributed by atoms with Crippen molar-refractivity contribution in [1.82, 2.24) is 0 Å². The van der Waals surface area contributed by atoms with Crippen molar-refractivity contribution in [3.8, 4) is 0 Å². The van der Waals surface area contributed by atoms with E-state index >= 15 is 0 Å². The van der Waals surface area contributed by atoms with Crippen molar-refractivity contribution in [2.24, 2.45) is 17.3 Å². The van der Waals surface area contributed by atoms with Gasteiger partial charge in [0.05, 0.1) is 10.8 Å². The monoisotopic (exact) mass is 193 g/mol. The zero-order valence-electron chi connectivity index (χ0n) is 8.78. The third kappa shape index (κ3) is 1.19. The summed E-state index contributed by atoms with van der Waals surface area (Å²) >= 11 is 0. The molecule has 0 aromatic rings. The first-order valence-corrected chi connectivity index (χ1v) is 4.98. The smallest absolute Gasteiger partial charge is 0.253 e. The second-order valence-electron chi connectivity index (χ2n) is 5.14. The van der Waals surface area contributed by atoms with Crippen LogP contribution in [0.4, 0.5) is 0 Å². The third-order valence-electron chi connectivity index (χ3n) is 3.09. The minimum absolute atomic E-state index is 0.0734. The molecule has 76 valence electrons. The molecule has 2 aliphatic rings. The van der Waals surface area contributed by atoms with E-state index in [0.717, 1.165) is 12.0 Å². The van der Waals surface area contributed by atoms with E-state index in [2.05, 4.69) is 26.8 Å². The lowest BCUT2D eigenvalue weighted by molar-refractivity contribution is -0.432. The van der Waals surface area contributed by atoms with Gasteiger partial charge in [0.1, 0.15) is 0 Å². The van der Waals surface area contributed by atoms with Gasteiger partial charge in [-0.1, -0.05) is 32.9 Å². The van der Waals surface area contributed by atoms with Gasteiger partial charge < -0.3 is 0 Å². The zero-order valence-corrected chi connectivity index (χ0v) is 8.78. The zero-order chi connectivity index (χ0) is 10.5. The molecule has 2 aliphatic carbocycles. The standard InChI is InChI=1S/C11H15NO2/c1-11(2,3)9-7-4-5-8(6-7)10(9)12(13)14/h4-5,7-8H,6H2,1-3H3/t7-,8+/m1/s1. The molecule has 0 saturated carbocycles. The summed E-state index contributed by atoms with van der Waals surface area (Å²) in [7, 11) is 0. The fourth-order valence-corrected chi connectivity index (χ4v) is 2.68. The second kappa shape index (κ2) is 2.69. The SMILES string of the molecule is CC(C)(C)C1=C([N+](=O)[O-])[C@H]2C=C[C@@H]1C2. The van der Waals surface area contributed by atoms with Crippen molar-refractivity contribution >= 4 is 0 Å². The van der Waals surface area contributed by atoms with Crippen LogP contribution in [0.3, 0.4) is 0 Å². The molecule has 0 heterocycles. The van der Waals surface area contributed by atoms with Crippen LogP contribution in [0.25, 0.3) is 0 Å². The van der Waals surface area contributed by atoms with Gasteiger partial charge in [0, 0.05) is 11.5 Å². The van der Waals surface area contributed by atoms with Crippen molar-refractivity contribution in [1.29, 1.82) is 0 Å². The number of rotatable bonds is 1. The maximum atomic E-state index is 11.0. The topological polar surface area (TPSA) is 43.1 Å². The van der Waals surface area contributed by atoms with Crippen LogP contribution in [0.15, 0.2) is 23.4 Å². The molecular weight excluding hydrogens is 178 g/mol. The highest BCUT2D eigenvalue weighted by Crippen LogP contribution is 2.50. The number of fused-ring (bicyclic) bond motifs is 2. The second-order valence-corrected chi connectivity index (χ2v) is 5.14. The summed E-state index contributed by atoms with van der Waals surface area (Å²) in [4.78, 5) is 10.8.